The molecule has 0 aliphatic heterocycles. The van der Waals surface area contributed by atoms with Crippen LogP contribution < -0.4 is 0 Å². The molecular formula is C67H87Cl6N. The van der Waals surface area contributed by atoms with Gasteiger partial charge in [-0.25, -0.2) is 0 Å². The molecule has 0 aliphatic rings. The van der Waals surface area contributed by atoms with Gasteiger partial charge in [0.2, 0.25) is 0 Å². The highest BCUT2D eigenvalue weighted by atomic mass is 35.5. The standard InChI is InChI=1S/C12H16Cl2.C11H16.C9H10Cl2.2C9H11Cl.C9H12.C8H11N/c1-6(2)10-7(3)11(13)9(5)12(14)8(10)4;1-8(2)11-6-5-9(3)7-10(11)4;1-6(2)9-7(10)4-3-5-8(9)11;1-7(2)8-3-5-9(10)6-4-8;1-7(2)8-4-3-5-9(10)6-8;1-8(2)9-6-4-3-5-7-9;1-7(2)8-3-5-9-6-4-8/h6H,1-5H3;5-8H,1-4H3;3-6H,1-2H3;2*3-7H,1-2H3;3-8H,1-2H3;3-7H,1-2H3. The van der Waals surface area contributed by atoms with Gasteiger partial charge in [-0.3, -0.25) is 4.98 Å². The molecule has 0 fully saturated rings. The third-order valence-corrected chi connectivity index (χ3v) is 14.5. The van der Waals surface area contributed by atoms with Crippen molar-refractivity contribution in [1.82, 2.24) is 4.98 Å². The SMILES string of the molecule is CC(C)c1c(Cl)cccc1Cl.CC(C)c1ccc(Cl)cc1.CC(C)c1cccc(Cl)c1.CC(C)c1ccccc1.CC(C)c1ccncc1.Cc1c(Cl)c(C)c(C(C)C)c(C)c1Cl.Cc1ccc(C(C)C)c(C)c1. The van der Waals surface area contributed by atoms with Crippen LogP contribution in [0.25, 0.3) is 0 Å². The number of hydrogen-bond acceptors (Lipinski definition) is 1. The molecule has 402 valence electrons. The third-order valence-electron chi connectivity index (χ3n) is 12.2. The molecule has 0 amide bonds. The number of nitrogens with zero attached hydrogens (tertiary/aromatic N) is 1. The number of aryl methyl sites for hydroxylation is 2. The summed E-state index contributed by atoms with van der Waals surface area (Å²) in [6.07, 6.45) is 3.66. The lowest BCUT2D eigenvalue weighted by molar-refractivity contribution is 0.845. The average Bonchev–Trinajstić information content (AvgIpc) is 3.34. The lowest BCUT2D eigenvalue weighted by Crippen LogP contribution is -2.00. The molecule has 0 spiro atoms. The normalized spacial score (nSPS) is 10.5. The van der Waals surface area contributed by atoms with Crippen molar-refractivity contribution >= 4 is 69.6 Å². The van der Waals surface area contributed by atoms with Gasteiger partial charge >= 0.3 is 0 Å². The van der Waals surface area contributed by atoms with Crippen molar-refractivity contribution in [3.63, 3.8) is 0 Å². The molecule has 0 unspecified atom stereocenters. The summed E-state index contributed by atoms with van der Waals surface area (Å²) in [5.41, 5.74) is 15.3. The van der Waals surface area contributed by atoms with E-state index < -0.39 is 0 Å². The van der Waals surface area contributed by atoms with Gasteiger partial charge in [-0.15, -0.1) is 0 Å². The van der Waals surface area contributed by atoms with Crippen molar-refractivity contribution in [3.8, 4) is 0 Å². The van der Waals surface area contributed by atoms with Gasteiger partial charge in [0.1, 0.15) is 0 Å². The zero-order chi connectivity index (χ0) is 56.4. The molecular weight excluding hydrogens is 1030 g/mol. The average molecular weight is 1120 g/mol. The van der Waals surface area contributed by atoms with Crippen LogP contribution in [-0.4, -0.2) is 4.98 Å². The van der Waals surface area contributed by atoms with Crippen molar-refractivity contribution in [2.75, 3.05) is 0 Å². The second-order valence-electron chi connectivity index (χ2n) is 20.8. The van der Waals surface area contributed by atoms with Crippen LogP contribution in [0.15, 0.2) is 140 Å². The van der Waals surface area contributed by atoms with E-state index in [1.807, 2.05) is 86.0 Å². The lowest BCUT2D eigenvalue weighted by atomic mass is 9.91. The topological polar surface area (TPSA) is 12.9 Å². The molecule has 7 aromatic rings. The third kappa shape index (κ3) is 24.9. The predicted molar refractivity (Wildman–Crippen MR) is 335 cm³/mol. The molecule has 7 rings (SSSR count). The molecule has 1 aromatic heterocycles. The number of rotatable bonds is 7. The molecule has 1 nitrogen and oxygen atoms in total. The van der Waals surface area contributed by atoms with E-state index in [1.54, 1.807) is 0 Å². The minimum Gasteiger partial charge on any atom is -0.265 e. The van der Waals surface area contributed by atoms with E-state index in [0.717, 1.165) is 41.3 Å². The fourth-order valence-electron chi connectivity index (χ4n) is 7.88. The fourth-order valence-corrected chi connectivity index (χ4v) is 9.48. The first-order chi connectivity index (χ1) is 34.6. The summed E-state index contributed by atoms with van der Waals surface area (Å²) < 4.78 is 0. The van der Waals surface area contributed by atoms with Gasteiger partial charge in [0.25, 0.3) is 0 Å². The number of aromatic nitrogens is 1. The molecule has 0 N–H and O–H groups in total. The number of benzene rings is 6. The second-order valence-corrected chi connectivity index (χ2v) is 23.2. The van der Waals surface area contributed by atoms with E-state index in [1.165, 1.54) is 55.6 Å². The predicted octanol–water partition coefficient (Wildman–Crippen LogP) is 24.5. The van der Waals surface area contributed by atoms with Gasteiger partial charge < -0.3 is 0 Å². The van der Waals surface area contributed by atoms with E-state index >= 15 is 0 Å². The van der Waals surface area contributed by atoms with E-state index in [9.17, 15) is 0 Å². The van der Waals surface area contributed by atoms with Crippen LogP contribution in [-0.2, 0) is 0 Å². The van der Waals surface area contributed by atoms with Crippen molar-refractivity contribution in [3.05, 3.63) is 237 Å². The molecule has 1 heterocycles. The first kappa shape index (κ1) is 68.2. The summed E-state index contributed by atoms with van der Waals surface area (Å²) >= 11 is 35.8. The number of halogens is 6. The van der Waals surface area contributed by atoms with Crippen LogP contribution >= 0.6 is 69.6 Å². The van der Waals surface area contributed by atoms with Crippen LogP contribution in [0.5, 0.6) is 0 Å². The lowest BCUT2D eigenvalue weighted by Gasteiger charge is -2.18. The molecule has 74 heavy (non-hydrogen) atoms. The van der Waals surface area contributed by atoms with E-state index in [-0.39, 0.29) is 0 Å². The summed E-state index contributed by atoms with van der Waals surface area (Å²) in [6.45, 7) is 40.8. The second kappa shape index (κ2) is 35.5. The van der Waals surface area contributed by atoms with Gasteiger partial charge in [0.05, 0.1) is 0 Å². The van der Waals surface area contributed by atoms with Gasteiger partial charge in [0, 0.05) is 42.5 Å². The Bertz CT molecular complexity index is 2560. The van der Waals surface area contributed by atoms with Gasteiger partial charge in [0.15, 0.2) is 0 Å². The Labute approximate surface area is 480 Å². The molecule has 0 bridgehead atoms. The van der Waals surface area contributed by atoms with Crippen LogP contribution in [0.2, 0.25) is 30.1 Å². The monoisotopic (exact) mass is 1120 g/mol. The van der Waals surface area contributed by atoms with Crippen LogP contribution in [0.4, 0.5) is 0 Å². The van der Waals surface area contributed by atoms with Crippen molar-refractivity contribution in [1.29, 1.82) is 0 Å². The van der Waals surface area contributed by atoms with E-state index in [4.69, 9.17) is 69.6 Å². The Morgan fingerprint density at radius 3 is 1.09 bits per heavy atom. The molecule has 0 saturated carbocycles. The molecule has 0 saturated heterocycles. The quantitative estimate of drug-likeness (QED) is 0.155. The Hall–Kier alpha value is -3.79. The minimum absolute atomic E-state index is 0.385. The Kier molecular flexibility index (Phi) is 32.7. The van der Waals surface area contributed by atoms with E-state index in [0.29, 0.717) is 41.4 Å². The number of pyridine rings is 1. The highest BCUT2D eigenvalue weighted by Crippen LogP contribution is 2.37. The Balaban J connectivity index is 0.000000434. The van der Waals surface area contributed by atoms with Gasteiger partial charge in [-0.2, -0.15) is 0 Å². The first-order valence-corrected chi connectivity index (χ1v) is 28.3. The van der Waals surface area contributed by atoms with Crippen molar-refractivity contribution in [2.24, 2.45) is 0 Å². The smallest absolute Gasteiger partial charge is 0.0482 e. The van der Waals surface area contributed by atoms with Crippen LogP contribution in [0.3, 0.4) is 0 Å². The van der Waals surface area contributed by atoms with Gasteiger partial charge in [-0.05, 0) is 186 Å². The largest absolute Gasteiger partial charge is 0.265 e. The van der Waals surface area contributed by atoms with Crippen LogP contribution in [0, 0.1) is 34.6 Å². The van der Waals surface area contributed by atoms with Crippen LogP contribution in [0.1, 0.15) is 205 Å². The summed E-state index contributed by atoms with van der Waals surface area (Å²) in [4.78, 5) is 3.93. The maximum atomic E-state index is 6.22. The van der Waals surface area contributed by atoms with E-state index in [2.05, 4.69) is 190 Å². The minimum atomic E-state index is 0.385. The molecule has 0 radical (unpaired) electrons. The highest BCUT2D eigenvalue weighted by Gasteiger charge is 2.16. The zero-order valence-electron chi connectivity index (χ0n) is 48.0. The zero-order valence-corrected chi connectivity index (χ0v) is 52.6. The Morgan fingerprint density at radius 1 is 0.324 bits per heavy atom. The first-order valence-electron chi connectivity index (χ1n) is 26.0. The summed E-state index contributed by atoms with van der Waals surface area (Å²) in [6, 6.07) is 42.8. The maximum Gasteiger partial charge on any atom is 0.0482 e. The van der Waals surface area contributed by atoms with Crippen molar-refractivity contribution in [2.45, 2.75) is 173 Å². The molecule has 0 atom stereocenters. The molecule has 6 aromatic carbocycles. The fraction of sp³-hybridized carbons (Fsp3) is 0.388. The molecule has 7 heteroatoms. The Morgan fingerprint density at radius 2 is 0.743 bits per heavy atom. The highest BCUT2D eigenvalue weighted by molar-refractivity contribution is 6.37. The summed E-state index contributed by atoms with van der Waals surface area (Å²) in [7, 11) is 0. The molecule has 0 aliphatic carbocycles. The summed E-state index contributed by atoms with van der Waals surface area (Å²) in [5, 5.41) is 4.77. The van der Waals surface area contributed by atoms with Gasteiger partial charge in [-0.1, -0.05) is 251 Å². The number of hydrogen-bond donors (Lipinski definition) is 0. The van der Waals surface area contributed by atoms with Crippen molar-refractivity contribution < 1.29 is 0 Å². The summed E-state index contributed by atoms with van der Waals surface area (Å²) in [5.74, 6) is 3.94. The maximum absolute atomic E-state index is 6.22.